The largest absolute Gasteiger partial charge is 0.488 e. The number of benzene rings is 1. The summed E-state index contributed by atoms with van der Waals surface area (Å²) in [5.41, 5.74) is 11.3. The minimum Gasteiger partial charge on any atom is -0.488 e. The molecule has 5 nitrogen and oxygen atoms in total. The van der Waals surface area contributed by atoms with E-state index in [0.717, 1.165) is 0 Å². The number of nitrogens with two attached hydrogens (primary N) is 2. The molecule has 1 unspecified atom stereocenters. The average Bonchev–Trinajstić information content (AvgIpc) is 2.43. The molecule has 1 aromatic carbocycles. The van der Waals surface area contributed by atoms with Crippen molar-refractivity contribution in [3.05, 3.63) is 23.8 Å². The number of hydrogen-bond acceptors (Lipinski definition) is 5. The van der Waals surface area contributed by atoms with Gasteiger partial charge in [-0.25, -0.2) is 13.8 Å². The third-order valence-corrected chi connectivity index (χ3v) is 3.64. The fourth-order valence-electron chi connectivity index (χ4n) is 2.05. The van der Waals surface area contributed by atoms with Gasteiger partial charge in [0.15, 0.2) is 12.6 Å². The fraction of sp³-hybridized carbons (Fsp3) is 0.533. The maximum Gasteiger partial charge on any atom is 0.307 e. The first-order chi connectivity index (χ1) is 10.1. The summed E-state index contributed by atoms with van der Waals surface area (Å²) in [6, 6.07) is 2.89. The second kappa shape index (κ2) is 5.62. The van der Waals surface area contributed by atoms with Gasteiger partial charge >= 0.3 is 5.92 Å². The van der Waals surface area contributed by atoms with E-state index in [1.54, 1.807) is 12.1 Å². The van der Waals surface area contributed by atoms with Crippen LogP contribution in [0.25, 0.3) is 0 Å². The summed E-state index contributed by atoms with van der Waals surface area (Å²) in [6.07, 6.45) is 0.715. The summed E-state index contributed by atoms with van der Waals surface area (Å²) < 4.78 is 38.9. The molecule has 1 aliphatic rings. The summed E-state index contributed by atoms with van der Waals surface area (Å²) in [7, 11) is 0. The van der Waals surface area contributed by atoms with Crippen molar-refractivity contribution < 1.29 is 18.3 Å². The Morgan fingerprint density at radius 1 is 1.41 bits per heavy atom. The molecule has 0 radical (unpaired) electrons. The number of halogens is 2. The van der Waals surface area contributed by atoms with Gasteiger partial charge < -0.3 is 20.9 Å². The zero-order valence-electron chi connectivity index (χ0n) is 12.9. The topological polar surface area (TPSA) is 82.9 Å². The number of anilines is 1. The van der Waals surface area contributed by atoms with Gasteiger partial charge in [-0.05, 0) is 38.5 Å². The minimum atomic E-state index is -3.19. The maximum atomic E-state index is 14.2. The molecule has 0 fully saturated rings. The molecule has 1 aliphatic heterocycles. The molecule has 4 N–H and O–H groups in total. The van der Waals surface area contributed by atoms with Crippen LogP contribution in [0.3, 0.4) is 0 Å². The van der Waals surface area contributed by atoms with Crippen molar-refractivity contribution in [1.82, 2.24) is 0 Å². The van der Waals surface area contributed by atoms with Crippen LogP contribution in [0.15, 0.2) is 23.2 Å². The summed E-state index contributed by atoms with van der Waals surface area (Å²) in [4.78, 5) is 3.75. The lowest BCUT2D eigenvalue weighted by Gasteiger charge is -2.32. The second-order valence-electron chi connectivity index (χ2n) is 5.93. The van der Waals surface area contributed by atoms with Gasteiger partial charge in [-0.1, -0.05) is 6.92 Å². The number of hydrogen-bond donors (Lipinski definition) is 2. The third kappa shape index (κ3) is 3.40. The maximum absolute atomic E-state index is 14.2. The van der Waals surface area contributed by atoms with Gasteiger partial charge in [-0.3, -0.25) is 0 Å². The summed E-state index contributed by atoms with van der Waals surface area (Å²) >= 11 is 0. The normalized spacial score (nSPS) is 21.0. The van der Waals surface area contributed by atoms with Crippen LogP contribution in [-0.2, 0) is 4.74 Å². The lowest BCUT2D eigenvalue weighted by Crippen LogP contribution is -2.40. The van der Waals surface area contributed by atoms with E-state index in [2.05, 4.69) is 9.73 Å². The summed E-state index contributed by atoms with van der Waals surface area (Å²) in [6.45, 7) is 4.90. The Morgan fingerprint density at radius 2 is 2.09 bits per heavy atom. The van der Waals surface area contributed by atoms with Gasteiger partial charge in [0, 0.05) is 11.3 Å². The highest BCUT2D eigenvalue weighted by molar-refractivity contribution is 5.73. The molecule has 0 spiro atoms. The Hall–Kier alpha value is -2.05. The average molecular weight is 313 g/mol. The molecule has 1 heterocycles. The molecule has 0 aromatic heterocycles. The molecule has 2 rings (SSSR count). The van der Waals surface area contributed by atoms with E-state index < -0.39 is 24.2 Å². The van der Waals surface area contributed by atoms with Gasteiger partial charge in [0.1, 0.15) is 11.4 Å². The fourth-order valence-corrected chi connectivity index (χ4v) is 2.05. The first-order valence-electron chi connectivity index (χ1n) is 7.07. The van der Waals surface area contributed by atoms with E-state index >= 15 is 0 Å². The Morgan fingerprint density at radius 3 is 2.73 bits per heavy atom. The Bertz CT molecular complexity index is 588. The first-order valence-corrected chi connectivity index (χ1v) is 7.07. The zero-order chi connectivity index (χ0) is 16.5. The van der Waals surface area contributed by atoms with Crippen LogP contribution < -0.4 is 16.2 Å². The van der Waals surface area contributed by atoms with E-state index in [-0.39, 0.29) is 11.6 Å². The Kier molecular flexibility index (Phi) is 4.17. The number of rotatable bonds is 4. The van der Waals surface area contributed by atoms with Gasteiger partial charge in [0.2, 0.25) is 0 Å². The van der Waals surface area contributed by atoms with Gasteiger partial charge in [0.05, 0.1) is 0 Å². The zero-order valence-corrected chi connectivity index (χ0v) is 12.9. The molecule has 1 aromatic rings. The van der Waals surface area contributed by atoms with Crippen molar-refractivity contribution in [3.63, 3.8) is 0 Å². The van der Waals surface area contributed by atoms with Crippen LogP contribution in [0.1, 0.15) is 38.8 Å². The molecular formula is C15H21F2N3O2. The molecule has 0 bridgehead atoms. The number of amidine groups is 1. The van der Waals surface area contributed by atoms with Crippen molar-refractivity contribution in [2.75, 3.05) is 12.3 Å². The molecule has 122 valence electrons. The Balaban J connectivity index is 2.49. The van der Waals surface area contributed by atoms with Gasteiger partial charge in [-0.2, -0.15) is 0 Å². The van der Waals surface area contributed by atoms with Crippen LogP contribution in [-0.4, -0.2) is 24.2 Å². The van der Waals surface area contributed by atoms with Crippen LogP contribution in [0.2, 0.25) is 0 Å². The molecule has 0 saturated carbocycles. The molecule has 0 saturated heterocycles. The van der Waals surface area contributed by atoms with Crippen LogP contribution in [0.5, 0.6) is 5.75 Å². The molecule has 22 heavy (non-hydrogen) atoms. The molecular weight excluding hydrogens is 292 g/mol. The first kappa shape index (κ1) is 16.3. The monoisotopic (exact) mass is 313 g/mol. The van der Waals surface area contributed by atoms with E-state index in [0.29, 0.717) is 17.9 Å². The highest BCUT2D eigenvalue weighted by Gasteiger charge is 2.46. The standard InChI is InChI=1S/C15H21F2N3O2/c1-4-14(2,3)22-11-6-5-9(18)7-10(11)12-15(16,17)8-21-13(19)20-12/h5-7,12H,4,8,18H2,1-3H3,(H2,19,20). The lowest BCUT2D eigenvalue weighted by molar-refractivity contribution is -0.0790. The van der Waals surface area contributed by atoms with Crippen molar-refractivity contribution in [1.29, 1.82) is 0 Å². The molecule has 1 atom stereocenters. The van der Waals surface area contributed by atoms with E-state index in [1.165, 1.54) is 6.07 Å². The van der Waals surface area contributed by atoms with Crippen molar-refractivity contribution in [2.45, 2.75) is 44.8 Å². The van der Waals surface area contributed by atoms with Crippen molar-refractivity contribution in [2.24, 2.45) is 10.7 Å². The van der Waals surface area contributed by atoms with Gasteiger partial charge in [0.25, 0.3) is 6.02 Å². The highest BCUT2D eigenvalue weighted by Crippen LogP contribution is 2.42. The van der Waals surface area contributed by atoms with Crippen LogP contribution in [0, 0.1) is 0 Å². The number of aliphatic imine (C=N–C) groups is 1. The molecule has 0 amide bonds. The number of nitrogens with zero attached hydrogens (tertiary/aromatic N) is 1. The predicted octanol–water partition coefficient (Wildman–Crippen LogP) is 2.86. The summed E-state index contributed by atoms with van der Waals surface area (Å²) in [5, 5.41) is 0. The number of alkyl halides is 2. The molecule has 7 heteroatoms. The van der Waals surface area contributed by atoms with Crippen LogP contribution in [0.4, 0.5) is 14.5 Å². The highest BCUT2D eigenvalue weighted by atomic mass is 19.3. The third-order valence-electron chi connectivity index (χ3n) is 3.64. The van der Waals surface area contributed by atoms with Crippen molar-refractivity contribution in [3.8, 4) is 5.75 Å². The van der Waals surface area contributed by atoms with Crippen LogP contribution >= 0.6 is 0 Å². The SMILES string of the molecule is CCC(C)(C)Oc1ccc(N)cc1C1N=C(N)OCC1(F)F. The number of ether oxygens (including phenoxy) is 2. The van der Waals surface area contributed by atoms with E-state index in [1.807, 2.05) is 20.8 Å². The lowest BCUT2D eigenvalue weighted by atomic mass is 9.98. The predicted molar refractivity (Wildman–Crippen MR) is 81.1 cm³/mol. The summed E-state index contributed by atoms with van der Waals surface area (Å²) in [5.74, 6) is -2.87. The Labute approximate surface area is 128 Å². The second-order valence-corrected chi connectivity index (χ2v) is 5.93. The van der Waals surface area contributed by atoms with Gasteiger partial charge in [-0.15, -0.1) is 0 Å². The smallest absolute Gasteiger partial charge is 0.307 e. The molecule has 0 aliphatic carbocycles. The quantitative estimate of drug-likeness (QED) is 0.837. The van der Waals surface area contributed by atoms with Crippen molar-refractivity contribution >= 4 is 11.7 Å². The minimum absolute atomic E-state index is 0.206. The number of nitrogen functional groups attached to an aromatic ring is 1. The van der Waals surface area contributed by atoms with E-state index in [9.17, 15) is 8.78 Å². The van der Waals surface area contributed by atoms with E-state index in [4.69, 9.17) is 16.2 Å².